The lowest BCUT2D eigenvalue weighted by atomic mass is 9.99. The molecule has 6 nitrogen and oxygen atoms in total. The number of fused-ring (bicyclic) bond motifs is 1. The number of hydrogen-bond acceptors (Lipinski definition) is 3. The van der Waals surface area contributed by atoms with Crippen molar-refractivity contribution in [1.29, 1.82) is 0 Å². The molecular formula is C16H16N4O2. The number of H-pyrrole nitrogens is 1. The molecule has 2 aromatic rings. The van der Waals surface area contributed by atoms with Crippen molar-refractivity contribution in [3.63, 3.8) is 0 Å². The lowest BCUT2D eigenvalue weighted by Crippen LogP contribution is -2.21. The summed E-state index contributed by atoms with van der Waals surface area (Å²) in [4.78, 5) is 26.2. The van der Waals surface area contributed by atoms with Crippen LogP contribution in [0.15, 0.2) is 36.5 Å². The SMILES string of the molecule is C/C(=C1/C(=O)Nc2ccc(NCC(N)=O)cc21)c1ccc[nH]1. The Kier molecular flexibility index (Phi) is 3.42. The molecule has 1 aromatic carbocycles. The molecule has 0 atom stereocenters. The number of carbonyl (C=O) groups excluding carboxylic acids is 2. The highest BCUT2D eigenvalue weighted by molar-refractivity contribution is 6.36. The minimum atomic E-state index is -0.437. The normalized spacial score (nSPS) is 15.2. The Labute approximate surface area is 127 Å². The molecule has 0 aliphatic carbocycles. The van der Waals surface area contributed by atoms with Gasteiger partial charge in [-0.25, -0.2) is 0 Å². The predicted molar refractivity (Wildman–Crippen MR) is 86.0 cm³/mol. The van der Waals surface area contributed by atoms with E-state index in [9.17, 15) is 9.59 Å². The molecule has 0 unspecified atom stereocenters. The third kappa shape index (κ3) is 2.46. The molecule has 5 N–H and O–H groups in total. The average molecular weight is 296 g/mol. The topological polar surface area (TPSA) is 100 Å². The fourth-order valence-electron chi connectivity index (χ4n) is 2.54. The summed E-state index contributed by atoms with van der Waals surface area (Å²) in [5.74, 6) is -0.567. The van der Waals surface area contributed by atoms with Crippen LogP contribution < -0.4 is 16.4 Å². The summed E-state index contributed by atoms with van der Waals surface area (Å²) in [6.07, 6.45) is 1.82. The Hall–Kier alpha value is -3.02. The minimum Gasteiger partial charge on any atom is -0.376 e. The number of benzene rings is 1. The van der Waals surface area contributed by atoms with E-state index in [1.807, 2.05) is 37.4 Å². The molecule has 1 aliphatic rings. The number of rotatable bonds is 4. The molecule has 0 saturated carbocycles. The fraction of sp³-hybridized carbons (Fsp3) is 0.125. The van der Waals surface area contributed by atoms with Gasteiger partial charge in [-0.3, -0.25) is 9.59 Å². The Morgan fingerprint density at radius 2 is 2.14 bits per heavy atom. The summed E-state index contributed by atoms with van der Waals surface area (Å²) in [6, 6.07) is 9.26. The van der Waals surface area contributed by atoms with Crippen LogP contribution in [0.3, 0.4) is 0 Å². The average Bonchev–Trinajstić information content (AvgIpc) is 3.11. The Morgan fingerprint density at radius 1 is 1.32 bits per heavy atom. The van der Waals surface area contributed by atoms with Gasteiger partial charge in [0.2, 0.25) is 5.91 Å². The number of allylic oxidation sites excluding steroid dienone is 1. The molecule has 0 spiro atoms. The molecule has 6 heteroatoms. The van der Waals surface area contributed by atoms with Gasteiger partial charge < -0.3 is 21.4 Å². The number of nitrogens with two attached hydrogens (primary N) is 1. The maximum atomic E-state index is 12.3. The zero-order chi connectivity index (χ0) is 15.7. The number of carbonyl (C=O) groups is 2. The molecule has 112 valence electrons. The van der Waals surface area contributed by atoms with Crippen LogP contribution in [0, 0.1) is 0 Å². The van der Waals surface area contributed by atoms with Crippen LogP contribution >= 0.6 is 0 Å². The molecule has 0 bridgehead atoms. The molecular weight excluding hydrogens is 280 g/mol. The van der Waals surface area contributed by atoms with Gasteiger partial charge in [-0.1, -0.05) is 0 Å². The predicted octanol–water partition coefficient (Wildman–Crippen LogP) is 1.79. The number of aromatic nitrogens is 1. The maximum Gasteiger partial charge on any atom is 0.256 e. The summed E-state index contributed by atoms with van der Waals surface area (Å²) < 4.78 is 0. The van der Waals surface area contributed by atoms with E-state index in [0.717, 1.165) is 28.2 Å². The first-order chi connectivity index (χ1) is 10.6. The molecule has 0 fully saturated rings. The zero-order valence-electron chi connectivity index (χ0n) is 12.1. The zero-order valence-corrected chi connectivity index (χ0v) is 12.1. The van der Waals surface area contributed by atoms with E-state index in [2.05, 4.69) is 15.6 Å². The van der Waals surface area contributed by atoms with Crippen molar-refractivity contribution < 1.29 is 9.59 Å². The van der Waals surface area contributed by atoms with E-state index < -0.39 is 5.91 Å². The maximum absolute atomic E-state index is 12.3. The Bertz CT molecular complexity index is 775. The van der Waals surface area contributed by atoms with E-state index in [0.29, 0.717) is 5.57 Å². The highest BCUT2D eigenvalue weighted by atomic mass is 16.2. The van der Waals surface area contributed by atoms with Crippen molar-refractivity contribution >= 4 is 34.3 Å². The van der Waals surface area contributed by atoms with Crippen molar-refractivity contribution in [2.75, 3.05) is 17.2 Å². The van der Waals surface area contributed by atoms with Crippen LogP contribution in [0.1, 0.15) is 18.2 Å². The molecule has 0 radical (unpaired) electrons. The minimum absolute atomic E-state index is 0.0504. The second kappa shape index (κ2) is 5.40. The van der Waals surface area contributed by atoms with Gasteiger partial charge in [0.25, 0.3) is 5.91 Å². The standard InChI is InChI=1S/C16H16N4O2/c1-9(12-3-2-6-18-12)15-11-7-10(19-8-14(17)21)4-5-13(11)20-16(15)22/h2-7,18-19H,8H2,1H3,(H2,17,21)(H,20,22)/b15-9-. The highest BCUT2D eigenvalue weighted by Gasteiger charge is 2.27. The number of aromatic amines is 1. The van der Waals surface area contributed by atoms with Crippen LogP contribution in [0.2, 0.25) is 0 Å². The molecule has 3 rings (SSSR count). The Balaban J connectivity index is 2.02. The number of amides is 2. The third-order valence-corrected chi connectivity index (χ3v) is 3.61. The number of nitrogens with one attached hydrogen (secondary N) is 3. The third-order valence-electron chi connectivity index (χ3n) is 3.61. The van der Waals surface area contributed by atoms with E-state index in [1.165, 1.54) is 0 Å². The molecule has 1 aromatic heterocycles. The smallest absolute Gasteiger partial charge is 0.256 e. The Morgan fingerprint density at radius 3 is 2.82 bits per heavy atom. The largest absolute Gasteiger partial charge is 0.376 e. The van der Waals surface area contributed by atoms with E-state index in [-0.39, 0.29) is 12.5 Å². The van der Waals surface area contributed by atoms with Gasteiger partial charge in [-0.2, -0.15) is 0 Å². The number of anilines is 2. The van der Waals surface area contributed by atoms with Crippen molar-refractivity contribution in [1.82, 2.24) is 4.98 Å². The van der Waals surface area contributed by atoms with Crippen LogP contribution in [0.25, 0.3) is 11.1 Å². The monoisotopic (exact) mass is 296 g/mol. The van der Waals surface area contributed by atoms with Crippen LogP contribution in [-0.2, 0) is 9.59 Å². The lowest BCUT2D eigenvalue weighted by molar-refractivity contribution is -0.116. The van der Waals surface area contributed by atoms with Gasteiger partial charge in [-0.05, 0) is 42.8 Å². The second-order valence-corrected chi connectivity index (χ2v) is 5.12. The van der Waals surface area contributed by atoms with E-state index in [4.69, 9.17) is 5.73 Å². The number of primary amides is 1. The molecule has 0 saturated heterocycles. The summed E-state index contributed by atoms with van der Waals surface area (Å²) >= 11 is 0. The van der Waals surface area contributed by atoms with Gasteiger partial charge >= 0.3 is 0 Å². The van der Waals surface area contributed by atoms with Crippen molar-refractivity contribution in [3.05, 3.63) is 47.8 Å². The van der Waals surface area contributed by atoms with Crippen LogP contribution in [0.5, 0.6) is 0 Å². The van der Waals surface area contributed by atoms with Crippen molar-refractivity contribution in [3.8, 4) is 0 Å². The summed E-state index contributed by atoms with van der Waals surface area (Å²) in [6.45, 7) is 1.95. The van der Waals surface area contributed by atoms with Crippen LogP contribution in [-0.4, -0.2) is 23.3 Å². The summed E-state index contributed by atoms with van der Waals surface area (Å²) in [7, 11) is 0. The van der Waals surface area contributed by atoms with Crippen molar-refractivity contribution in [2.24, 2.45) is 5.73 Å². The van der Waals surface area contributed by atoms with Gasteiger partial charge in [0.15, 0.2) is 0 Å². The highest BCUT2D eigenvalue weighted by Crippen LogP contribution is 2.37. The quantitative estimate of drug-likeness (QED) is 0.647. The number of hydrogen-bond donors (Lipinski definition) is 4. The first kappa shape index (κ1) is 13.9. The molecule has 2 heterocycles. The van der Waals surface area contributed by atoms with Crippen LogP contribution in [0.4, 0.5) is 11.4 Å². The molecule has 22 heavy (non-hydrogen) atoms. The van der Waals surface area contributed by atoms with Crippen molar-refractivity contribution in [2.45, 2.75) is 6.92 Å². The lowest BCUT2D eigenvalue weighted by Gasteiger charge is -2.08. The molecule has 2 amide bonds. The first-order valence-electron chi connectivity index (χ1n) is 6.89. The summed E-state index contributed by atoms with van der Waals surface area (Å²) in [5.41, 5.74) is 9.84. The summed E-state index contributed by atoms with van der Waals surface area (Å²) in [5, 5.41) is 5.79. The van der Waals surface area contributed by atoms with Gasteiger partial charge in [-0.15, -0.1) is 0 Å². The fourth-order valence-corrected chi connectivity index (χ4v) is 2.54. The van der Waals surface area contributed by atoms with E-state index >= 15 is 0 Å². The second-order valence-electron chi connectivity index (χ2n) is 5.12. The first-order valence-corrected chi connectivity index (χ1v) is 6.89. The van der Waals surface area contributed by atoms with Gasteiger partial charge in [0.05, 0.1) is 12.1 Å². The molecule has 1 aliphatic heterocycles. The van der Waals surface area contributed by atoms with Gasteiger partial charge in [0.1, 0.15) is 0 Å². The van der Waals surface area contributed by atoms with Gasteiger partial charge in [0, 0.05) is 28.8 Å². The van der Waals surface area contributed by atoms with E-state index in [1.54, 1.807) is 6.07 Å².